The molecular weight excluding hydrogens is 342 g/mol. The molecule has 0 bridgehead atoms. The molecule has 0 radical (unpaired) electrons. The standard InChI is InChI=1S/C17H18ClN5O2/c1-3-22-12(2)15(10-20-22)21-17(24)16-8-9-19-23(16)11-25-14-6-4-13(18)5-7-14/h4-10H,3,11H2,1-2H3,(H,21,24). The highest BCUT2D eigenvalue weighted by Gasteiger charge is 2.15. The number of carbonyl (C=O) groups excluding carboxylic acids is 1. The largest absolute Gasteiger partial charge is 0.471 e. The Bertz CT molecular complexity index is 870. The Balaban J connectivity index is 1.68. The second-order valence-corrected chi connectivity index (χ2v) is 5.79. The van der Waals surface area contributed by atoms with Gasteiger partial charge in [-0.25, -0.2) is 4.68 Å². The molecule has 0 aliphatic carbocycles. The molecule has 0 unspecified atom stereocenters. The predicted molar refractivity (Wildman–Crippen MR) is 94.9 cm³/mol. The van der Waals surface area contributed by atoms with Crippen molar-refractivity contribution in [2.24, 2.45) is 0 Å². The van der Waals surface area contributed by atoms with Gasteiger partial charge in [-0.15, -0.1) is 0 Å². The SMILES string of the molecule is CCn1ncc(NC(=O)c2ccnn2COc2ccc(Cl)cc2)c1C. The van der Waals surface area contributed by atoms with Gasteiger partial charge in [-0.2, -0.15) is 10.2 Å². The molecule has 1 aromatic carbocycles. The maximum absolute atomic E-state index is 12.5. The first-order valence-corrected chi connectivity index (χ1v) is 8.20. The normalized spacial score (nSPS) is 10.7. The van der Waals surface area contributed by atoms with Gasteiger partial charge in [-0.05, 0) is 44.2 Å². The van der Waals surface area contributed by atoms with Crippen LogP contribution >= 0.6 is 11.6 Å². The monoisotopic (exact) mass is 359 g/mol. The quantitative estimate of drug-likeness (QED) is 0.732. The van der Waals surface area contributed by atoms with E-state index in [9.17, 15) is 4.79 Å². The molecular formula is C17H18ClN5O2. The molecule has 0 aliphatic heterocycles. The Hall–Kier alpha value is -2.80. The summed E-state index contributed by atoms with van der Waals surface area (Å²) in [5, 5.41) is 11.8. The molecule has 0 saturated heterocycles. The van der Waals surface area contributed by atoms with E-state index in [1.165, 1.54) is 4.68 Å². The zero-order chi connectivity index (χ0) is 17.8. The van der Waals surface area contributed by atoms with E-state index < -0.39 is 0 Å². The van der Waals surface area contributed by atoms with Gasteiger partial charge in [0.05, 0.1) is 17.6 Å². The molecule has 1 amide bonds. The summed E-state index contributed by atoms with van der Waals surface area (Å²) in [6.07, 6.45) is 3.20. The summed E-state index contributed by atoms with van der Waals surface area (Å²) in [5.74, 6) is 0.377. The smallest absolute Gasteiger partial charge is 0.274 e. The van der Waals surface area contributed by atoms with Crippen LogP contribution in [0.25, 0.3) is 0 Å². The zero-order valence-electron chi connectivity index (χ0n) is 13.9. The summed E-state index contributed by atoms with van der Waals surface area (Å²) in [7, 11) is 0. The molecule has 3 aromatic rings. The number of nitrogens with zero attached hydrogens (tertiary/aromatic N) is 4. The lowest BCUT2D eigenvalue weighted by Crippen LogP contribution is -2.20. The Morgan fingerprint density at radius 2 is 1.96 bits per heavy atom. The van der Waals surface area contributed by atoms with Crippen LogP contribution in [0.1, 0.15) is 23.1 Å². The number of benzene rings is 1. The lowest BCUT2D eigenvalue weighted by Gasteiger charge is -2.10. The number of hydrogen-bond donors (Lipinski definition) is 1. The van der Waals surface area contributed by atoms with Gasteiger partial charge in [0.1, 0.15) is 11.4 Å². The lowest BCUT2D eigenvalue weighted by molar-refractivity contribution is 0.100. The Morgan fingerprint density at radius 3 is 2.64 bits per heavy atom. The molecule has 0 atom stereocenters. The number of anilines is 1. The third-order valence-electron chi connectivity index (χ3n) is 3.77. The van der Waals surface area contributed by atoms with Crippen LogP contribution < -0.4 is 10.1 Å². The molecule has 3 rings (SSSR count). The number of rotatable bonds is 6. The number of aryl methyl sites for hydroxylation is 1. The van der Waals surface area contributed by atoms with Crippen molar-refractivity contribution in [3.63, 3.8) is 0 Å². The van der Waals surface area contributed by atoms with Crippen LogP contribution in [-0.4, -0.2) is 25.5 Å². The maximum atomic E-state index is 12.5. The van der Waals surface area contributed by atoms with Gasteiger partial charge in [0, 0.05) is 17.8 Å². The summed E-state index contributed by atoms with van der Waals surface area (Å²) in [6, 6.07) is 8.63. The van der Waals surface area contributed by atoms with Crippen molar-refractivity contribution in [3.8, 4) is 5.75 Å². The van der Waals surface area contributed by atoms with Crippen LogP contribution in [0.5, 0.6) is 5.75 Å². The van der Waals surface area contributed by atoms with Gasteiger partial charge in [-0.3, -0.25) is 9.48 Å². The van der Waals surface area contributed by atoms with Gasteiger partial charge in [-0.1, -0.05) is 11.6 Å². The van der Waals surface area contributed by atoms with Gasteiger partial charge >= 0.3 is 0 Å². The highest BCUT2D eigenvalue weighted by Crippen LogP contribution is 2.17. The molecule has 0 aliphatic rings. The number of halogens is 1. The van der Waals surface area contributed by atoms with E-state index in [2.05, 4.69) is 15.5 Å². The Labute approximate surface area is 150 Å². The number of hydrogen-bond acceptors (Lipinski definition) is 4. The van der Waals surface area contributed by atoms with E-state index in [4.69, 9.17) is 16.3 Å². The third-order valence-corrected chi connectivity index (χ3v) is 4.02. The Kier molecular flexibility index (Phi) is 5.04. The van der Waals surface area contributed by atoms with Crippen molar-refractivity contribution in [1.29, 1.82) is 0 Å². The highest BCUT2D eigenvalue weighted by atomic mass is 35.5. The predicted octanol–water partition coefficient (Wildman–Crippen LogP) is 3.35. The molecule has 0 fully saturated rings. The van der Waals surface area contributed by atoms with Crippen LogP contribution in [0.4, 0.5) is 5.69 Å². The van der Waals surface area contributed by atoms with Crippen molar-refractivity contribution >= 4 is 23.2 Å². The van der Waals surface area contributed by atoms with Crippen LogP contribution in [0.15, 0.2) is 42.7 Å². The fourth-order valence-corrected chi connectivity index (χ4v) is 2.50. The fourth-order valence-electron chi connectivity index (χ4n) is 2.37. The molecule has 2 heterocycles. The van der Waals surface area contributed by atoms with E-state index in [0.29, 0.717) is 22.2 Å². The number of ether oxygens (including phenoxy) is 1. The number of carbonyl (C=O) groups is 1. The maximum Gasteiger partial charge on any atom is 0.274 e. The Morgan fingerprint density at radius 1 is 1.20 bits per heavy atom. The zero-order valence-corrected chi connectivity index (χ0v) is 14.7. The first-order chi connectivity index (χ1) is 12.1. The summed E-state index contributed by atoms with van der Waals surface area (Å²) in [4.78, 5) is 12.5. The van der Waals surface area contributed by atoms with Crippen molar-refractivity contribution in [2.45, 2.75) is 27.1 Å². The number of amides is 1. The van der Waals surface area contributed by atoms with E-state index in [1.54, 1.807) is 42.7 Å². The molecule has 7 nitrogen and oxygen atoms in total. The molecule has 2 aromatic heterocycles. The third kappa shape index (κ3) is 3.83. The van der Waals surface area contributed by atoms with Gasteiger partial charge in [0.25, 0.3) is 5.91 Å². The molecule has 8 heteroatoms. The number of nitrogens with one attached hydrogen (secondary N) is 1. The fraction of sp³-hybridized carbons (Fsp3) is 0.235. The van der Waals surface area contributed by atoms with Crippen molar-refractivity contribution in [2.75, 3.05) is 5.32 Å². The number of aromatic nitrogens is 4. The summed E-state index contributed by atoms with van der Waals surface area (Å²) in [6.45, 7) is 4.76. The summed E-state index contributed by atoms with van der Waals surface area (Å²) < 4.78 is 8.94. The van der Waals surface area contributed by atoms with E-state index in [-0.39, 0.29) is 12.6 Å². The first kappa shape index (κ1) is 17.0. The minimum atomic E-state index is -0.268. The first-order valence-electron chi connectivity index (χ1n) is 7.82. The van der Waals surface area contributed by atoms with Crippen LogP contribution in [-0.2, 0) is 13.3 Å². The van der Waals surface area contributed by atoms with Crippen molar-refractivity contribution in [3.05, 3.63) is 59.1 Å². The highest BCUT2D eigenvalue weighted by molar-refractivity contribution is 6.30. The average Bonchev–Trinajstić information content (AvgIpc) is 3.21. The second-order valence-electron chi connectivity index (χ2n) is 5.36. The minimum Gasteiger partial charge on any atom is -0.471 e. The van der Waals surface area contributed by atoms with Gasteiger partial charge in [0.2, 0.25) is 0 Å². The van der Waals surface area contributed by atoms with Crippen molar-refractivity contribution < 1.29 is 9.53 Å². The average molecular weight is 360 g/mol. The summed E-state index contributed by atoms with van der Waals surface area (Å²) >= 11 is 5.85. The lowest BCUT2D eigenvalue weighted by atomic mass is 10.3. The van der Waals surface area contributed by atoms with E-state index in [0.717, 1.165) is 12.2 Å². The van der Waals surface area contributed by atoms with E-state index in [1.807, 2.05) is 18.5 Å². The summed E-state index contributed by atoms with van der Waals surface area (Å²) in [5.41, 5.74) is 1.98. The van der Waals surface area contributed by atoms with Crippen molar-refractivity contribution in [1.82, 2.24) is 19.6 Å². The van der Waals surface area contributed by atoms with Crippen LogP contribution in [0.2, 0.25) is 5.02 Å². The minimum absolute atomic E-state index is 0.116. The van der Waals surface area contributed by atoms with Crippen LogP contribution in [0.3, 0.4) is 0 Å². The molecule has 0 spiro atoms. The molecule has 130 valence electrons. The van der Waals surface area contributed by atoms with Crippen LogP contribution in [0, 0.1) is 6.92 Å². The van der Waals surface area contributed by atoms with Gasteiger partial charge in [0.15, 0.2) is 6.73 Å². The van der Waals surface area contributed by atoms with E-state index >= 15 is 0 Å². The van der Waals surface area contributed by atoms with Gasteiger partial charge < -0.3 is 10.1 Å². The topological polar surface area (TPSA) is 74.0 Å². The molecule has 0 saturated carbocycles. The molecule has 25 heavy (non-hydrogen) atoms. The molecule has 1 N–H and O–H groups in total. The second kappa shape index (κ2) is 7.40.